The Balaban J connectivity index is 1.56. The third kappa shape index (κ3) is 5.40. The molecule has 2 N–H and O–H groups in total. The van der Waals surface area contributed by atoms with Crippen LogP contribution >= 0.6 is 11.6 Å². The fourth-order valence-electron chi connectivity index (χ4n) is 4.20. The SMILES string of the molecule is CC[C@H](NC(=O)c1ccc(Cl)c(S(=O)(=O)Nc2ccccc2)c1)c1ccc2c(c1)CCCC2. The Morgan fingerprint density at radius 1 is 0.970 bits per heavy atom. The summed E-state index contributed by atoms with van der Waals surface area (Å²) in [6.07, 6.45) is 5.32. The average molecular weight is 483 g/mol. The number of anilines is 1. The van der Waals surface area contributed by atoms with Gasteiger partial charge in [-0.2, -0.15) is 0 Å². The Labute approximate surface area is 200 Å². The van der Waals surface area contributed by atoms with Crippen LogP contribution in [0.1, 0.15) is 59.3 Å². The first-order valence-electron chi connectivity index (χ1n) is 11.2. The smallest absolute Gasteiger partial charge is 0.263 e. The summed E-state index contributed by atoms with van der Waals surface area (Å²) in [5, 5.41) is 3.11. The van der Waals surface area contributed by atoms with E-state index in [1.807, 2.05) is 6.92 Å². The highest BCUT2D eigenvalue weighted by molar-refractivity contribution is 7.92. The molecule has 0 radical (unpaired) electrons. The summed E-state index contributed by atoms with van der Waals surface area (Å²) in [5.74, 6) is -0.340. The van der Waals surface area contributed by atoms with E-state index in [0.717, 1.165) is 24.8 Å². The zero-order valence-electron chi connectivity index (χ0n) is 18.5. The molecule has 1 aliphatic carbocycles. The molecule has 1 atom stereocenters. The van der Waals surface area contributed by atoms with Crippen molar-refractivity contribution in [3.05, 3.63) is 94.0 Å². The maximum absolute atomic E-state index is 13.1. The molecule has 172 valence electrons. The van der Waals surface area contributed by atoms with E-state index in [1.54, 1.807) is 36.4 Å². The van der Waals surface area contributed by atoms with E-state index in [2.05, 4.69) is 28.2 Å². The van der Waals surface area contributed by atoms with Crippen LogP contribution in [-0.2, 0) is 22.9 Å². The number of hydrogen-bond acceptors (Lipinski definition) is 3. The highest BCUT2D eigenvalue weighted by Gasteiger charge is 2.22. The highest BCUT2D eigenvalue weighted by atomic mass is 35.5. The van der Waals surface area contributed by atoms with Crippen LogP contribution in [0, 0.1) is 0 Å². The third-order valence-corrected chi connectivity index (χ3v) is 7.86. The molecule has 0 unspecified atom stereocenters. The zero-order chi connectivity index (χ0) is 23.4. The number of aryl methyl sites for hydroxylation is 2. The topological polar surface area (TPSA) is 75.3 Å². The molecule has 0 fully saturated rings. The number of carbonyl (C=O) groups excluding carboxylic acids is 1. The molecule has 0 spiro atoms. The van der Waals surface area contributed by atoms with Crippen LogP contribution in [0.4, 0.5) is 5.69 Å². The lowest BCUT2D eigenvalue weighted by Crippen LogP contribution is -2.28. The van der Waals surface area contributed by atoms with Crippen molar-refractivity contribution < 1.29 is 13.2 Å². The first-order chi connectivity index (χ1) is 15.9. The summed E-state index contributed by atoms with van der Waals surface area (Å²) < 4.78 is 28.3. The van der Waals surface area contributed by atoms with E-state index in [9.17, 15) is 13.2 Å². The van der Waals surface area contributed by atoms with Crippen LogP contribution in [0.5, 0.6) is 0 Å². The van der Waals surface area contributed by atoms with Crippen molar-refractivity contribution in [2.24, 2.45) is 0 Å². The Bertz CT molecular complexity index is 1260. The van der Waals surface area contributed by atoms with Crippen molar-refractivity contribution in [1.82, 2.24) is 5.32 Å². The highest BCUT2D eigenvalue weighted by Crippen LogP contribution is 2.28. The summed E-state index contributed by atoms with van der Waals surface area (Å²) in [6.45, 7) is 2.02. The molecule has 5 nitrogen and oxygen atoms in total. The molecule has 1 aliphatic rings. The monoisotopic (exact) mass is 482 g/mol. The predicted octanol–water partition coefficient (Wildman–Crippen LogP) is 5.90. The number of rotatable bonds is 7. The molecule has 33 heavy (non-hydrogen) atoms. The Kier molecular flexibility index (Phi) is 7.05. The van der Waals surface area contributed by atoms with Crippen LogP contribution in [0.15, 0.2) is 71.6 Å². The number of para-hydroxylation sites is 1. The largest absolute Gasteiger partial charge is 0.345 e. The molecule has 3 aromatic rings. The van der Waals surface area contributed by atoms with Crippen LogP contribution < -0.4 is 10.0 Å². The maximum Gasteiger partial charge on any atom is 0.263 e. The van der Waals surface area contributed by atoms with Crippen LogP contribution in [-0.4, -0.2) is 14.3 Å². The van der Waals surface area contributed by atoms with Crippen molar-refractivity contribution in [2.45, 2.75) is 50.0 Å². The molecule has 0 aliphatic heterocycles. The molecular weight excluding hydrogens is 456 g/mol. The molecular formula is C26H27ClN2O3S. The lowest BCUT2D eigenvalue weighted by molar-refractivity contribution is 0.0935. The van der Waals surface area contributed by atoms with Gasteiger partial charge in [-0.05, 0) is 79.1 Å². The van der Waals surface area contributed by atoms with Crippen molar-refractivity contribution >= 4 is 33.2 Å². The Morgan fingerprint density at radius 2 is 1.70 bits per heavy atom. The van der Waals surface area contributed by atoms with E-state index in [4.69, 9.17) is 11.6 Å². The first kappa shape index (κ1) is 23.3. The van der Waals surface area contributed by atoms with E-state index in [0.29, 0.717) is 5.69 Å². The molecule has 0 saturated carbocycles. The molecule has 0 saturated heterocycles. The number of fused-ring (bicyclic) bond motifs is 1. The lowest BCUT2D eigenvalue weighted by Gasteiger charge is -2.22. The van der Waals surface area contributed by atoms with Gasteiger partial charge in [0.25, 0.3) is 15.9 Å². The quantitative estimate of drug-likeness (QED) is 0.440. The predicted molar refractivity (Wildman–Crippen MR) is 132 cm³/mol. The summed E-state index contributed by atoms with van der Waals surface area (Å²) in [6, 6.07) is 19.1. The fourth-order valence-corrected chi connectivity index (χ4v) is 5.79. The van der Waals surface area contributed by atoms with Gasteiger partial charge in [0.1, 0.15) is 4.90 Å². The summed E-state index contributed by atoms with van der Waals surface area (Å²) in [4.78, 5) is 12.9. The van der Waals surface area contributed by atoms with Gasteiger partial charge in [-0.1, -0.05) is 54.9 Å². The van der Waals surface area contributed by atoms with E-state index in [-0.39, 0.29) is 27.4 Å². The maximum atomic E-state index is 13.1. The molecule has 0 heterocycles. The second-order valence-corrected chi connectivity index (χ2v) is 10.3. The number of nitrogens with one attached hydrogen (secondary N) is 2. The number of amides is 1. The van der Waals surface area contributed by atoms with Gasteiger partial charge in [0.2, 0.25) is 0 Å². The van der Waals surface area contributed by atoms with Gasteiger partial charge in [-0.25, -0.2) is 8.42 Å². The van der Waals surface area contributed by atoms with Gasteiger partial charge >= 0.3 is 0 Å². The van der Waals surface area contributed by atoms with Crippen LogP contribution in [0.2, 0.25) is 5.02 Å². The summed E-state index contributed by atoms with van der Waals surface area (Å²) >= 11 is 6.20. The third-order valence-electron chi connectivity index (χ3n) is 6.00. The van der Waals surface area contributed by atoms with Gasteiger partial charge in [0.05, 0.1) is 11.1 Å². The second-order valence-electron chi connectivity index (χ2n) is 8.29. The van der Waals surface area contributed by atoms with Crippen LogP contribution in [0.3, 0.4) is 0 Å². The number of hydrogen-bond donors (Lipinski definition) is 2. The molecule has 4 rings (SSSR count). The molecule has 3 aromatic carbocycles. The van der Waals surface area contributed by atoms with Gasteiger partial charge in [0, 0.05) is 11.3 Å². The van der Waals surface area contributed by atoms with Crippen molar-refractivity contribution in [3.63, 3.8) is 0 Å². The van der Waals surface area contributed by atoms with Gasteiger partial charge < -0.3 is 5.32 Å². The molecule has 7 heteroatoms. The average Bonchev–Trinajstić information content (AvgIpc) is 2.82. The Morgan fingerprint density at radius 3 is 2.42 bits per heavy atom. The van der Waals surface area contributed by atoms with E-state index >= 15 is 0 Å². The lowest BCUT2D eigenvalue weighted by atomic mass is 9.88. The zero-order valence-corrected chi connectivity index (χ0v) is 20.0. The van der Waals surface area contributed by atoms with Gasteiger partial charge in [0.15, 0.2) is 0 Å². The van der Waals surface area contributed by atoms with E-state index < -0.39 is 10.0 Å². The van der Waals surface area contributed by atoms with Crippen molar-refractivity contribution in [3.8, 4) is 0 Å². The minimum absolute atomic E-state index is 0.0525. The molecule has 1 amide bonds. The first-order valence-corrected chi connectivity index (χ1v) is 13.0. The minimum Gasteiger partial charge on any atom is -0.345 e. The number of halogens is 1. The van der Waals surface area contributed by atoms with Crippen molar-refractivity contribution in [1.29, 1.82) is 0 Å². The van der Waals surface area contributed by atoms with Gasteiger partial charge in [-0.15, -0.1) is 0 Å². The summed E-state index contributed by atoms with van der Waals surface area (Å²) in [7, 11) is -3.96. The second kappa shape index (κ2) is 9.98. The fraction of sp³-hybridized carbons (Fsp3) is 0.269. The number of sulfonamides is 1. The minimum atomic E-state index is -3.96. The Hall–Kier alpha value is -2.83. The van der Waals surface area contributed by atoms with Gasteiger partial charge in [-0.3, -0.25) is 9.52 Å². The molecule has 0 bridgehead atoms. The normalized spacial score (nSPS) is 14.2. The van der Waals surface area contributed by atoms with E-state index in [1.165, 1.54) is 36.1 Å². The standard InChI is InChI=1S/C26H27ClN2O3S/c1-2-24(20-13-12-18-8-6-7-9-19(18)16-20)28-26(30)21-14-15-23(27)25(17-21)33(31,32)29-22-10-4-3-5-11-22/h3-5,10-17,24,29H,2,6-9H2,1H3,(H,28,30)/t24-/m0/s1. The molecule has 0 aromatic heterocycles. The number of benzene rings is 3. The number of carbonyl (C=O) groups is 1. The summed E-state index contributed by atoms with van der Waals surface area (Å²) in [5.41, 5.74) is 4.48. The van der Waals surface area contributed by atoms with Crippen LogP contribution in [0.25, 0.3) is 0 Å². The van der Waals surface area contributed by atoms with Crippen molar-refractivity contribution in [2.75, 3.05) is 4.72 Å².